The third-order valence-electron chi connectivity index (χ3n) is 3.22. The number of rotatable bonds is 2. The van der Waals surface area contributed by atoms with Gasteiger partial charge in [-0.05, 0) is 36.5 Å². The number of hydrogen-bond acceptors (Lipinski definition) is 3. The van der Waals surface area contributed by atoms with Crippen LogP contribution < -0.4 is 5.32 Å². The van der Waals surface area contributed by atoms with E-state index >= 15 is 0 Å². The molecule has 1 aliphatic rings. The van der Waals surface area contributed by atoms with Crippen molar-refractivity contribution >= 4 is 18.4 Å². The van der Waals surface area contributed by atoms with Gasteiger partial charge in [0.1, 0.15) is 11.9 Å². The quantitative estimate of drug-likeness (QED) is 0.840. The summed E-state index contributed by atoms with van der Waals surface area (Å²) >= 11 is 0. The van der Waals surface area contributed by atoms with Crippen LogP contribution in [0.15, 0.2) is 24.3 Å². The van der Waals surface area contributed by atoms with Crippen LogP contribution in [0.5, 0.6) is 0 Å². The number of hydrogen-bond donors (Lipinski definition) is 1. The Morgan fingerprint density at radius 2 is 2.22 bits per heavy atom. The molecule has 2 atom stereocenters. The van der Waals surface area contributed by atoms with Gasteiger partial charge in [-0.1, -0.05) is 12.1 Å². The smallest absolute Gasteiger partial charge is 0.322 e. The van der Waals surface area contributed by atoms with Gasteiger partial charge in [0, 0.05) is 6.54 Å². The zero-order valence-corrected chi connectivity index (χ0v) is 11.0. The molecular weight excluding hydrogens is 257 g/mol. The summed E-state index contributed by atoms with van der Waals surface area (Å²) in [5, 5.41) is 3.14. The minimum atomic E-state index is -0.220. The highest BCUT2D eigenvalue weighted by Crippen LogP contribution is 2.25. The molecule has 2 rings (SSSR count). The average Bonchev–Trinajstić information content (AvgIpc) is 2.38. The lowest BCUT2D eigenvalue weighted by molar-refractivity contribution is -0.143. The van der Waals surface area contributed by atoms with Crippen LogP contribution in [0.4, 0.5) is 4.39 Å². The molecule has 1 saturated heterocycles. The van der Waals surface area contributed by atoms with E-state index in [1.165, 1.54) is 13.2 Å². The number of ether oxygens (including phenoxy) is 1. The van der Waals surface area contributed by atoms with E-state index in [0.29, 0.717) is 6.54 Å². The standard InChI is InChI=1S/C13H16FNO2.ClH/c1-17-13(16)12-6-5-10(8-15-12)9-3-2-4-11(14)7-9;/h2-4,7,10,12,15H,5-6,8H2,1H3;1H. The van der Waals surface area contributed by atoms with Gasteiger partial charge in [0.15, 0.2) is 0 Å². The van der Waals surface area contributed by atoms with Crippen molar-refractivity contribution in [1.82, 2.24) is 5.32 Å². The van der Waals surface area contributed by atoms with Crippen molar-refractivity contribution in [2.45, 2.75) is 24.8 Å². The third-order valence-corrected chi connectivity index (χ3v) is 3.22. The molecule has 0 saturated carbocycles. The number of piperidine rings is 1. The molecule has 1 heterocycles. The highest BCUT2D eigenvalue weighted by molar-refractivity contribution is 5.85. The second-order valence-corrected chi connectivity index (χ2v) is 4.31. The van der Waals surface area contributed by atoms with Gasteiger partial charge in [-0.3, -0.25) is 4.79 Å². The summed E-state index contributed by atoms with van der Waals surface area (Å²) in [7, 11) is 1.39. The first-order chi connectivity index (χ1) is 8.20. The van der Waals surface area contributed by atoms with Crippen molar-refractivity contribution in [2.75, 3.05) is 13.7 Å². The molecule has 1 aromatic carbocycles. The largest absolute Gasteiger partial charge is 0.468 e. The van der Waals surface area contributed by atoms with Gasteiger partial charge in [0.2, 0.25) is 0 Å². The Balaban J connectivity index is 0.00000162. The van der Waals surface area contributed by atoms with Crippen molar-refractivity contribution in [3.63, 3.8) is 0 Å². The van der Waals surface area contributed by atoms with Gasteiger partial charge in [-0.15, -0.1) is 12.4 Å². The van der Waals surface area contributed by atoms with Crippen LogP contribution in [0.1, 0.15) is 24.3 Å². The SMILES string of the molecule is COC(=O)C1CCC(c2cccc(F)c2)CN1.Cl. The molecule has 1 aliphatic heterocycles. The Labute approximate surface area is 112 Å². The Hall–Kier alpha value is -1.13. The summed E-state index contributed by atoms with van der Waals surface area (Å²) in [5.41, 5.74) is 0.987. The molecule has 1 N–H and O–H groups in total. The van der Waals surface area contributed by atoms with E-state index < -0.39 is 0 Å². The van der Waals surface area contributed by atoms with Gasteiger partial charge in [-0.2, -0.15) is 0 Å². The maximum absolute atomic E-state index is 13.1. The van der Waals surface area contributed by atoms with Crippen molar-refractivity contribution in [2.24, 2.45) is 0 Å². The van der Waals surface area contributed by atoms with Crippen molar-refractivity contribution in [3.05, 3.63) is 35.6 Å². The van der Waals surface area contributed by atoms with Gasteiger partial charge < -0.3 is 10.1 Å². The molecule has 100 valence electrons. The zero-order valence-electron chi connectivity index (χ0n) is 10.2. The number of nitrogens with one attached hydrogen (secondary N) is 1. The van der Waals surface area contributed by atoms with Crippen LogP contribution in [0, 0.1) is 5.82 Å². The number of methoxy groups -OCH3 is 1. The van der Waals surface area contributed by atoms with Gasteiger partial charge in [0.05, 0.1) is 7.11 Å². The van der Waals surface area contributed by atoms with Crippen molar-refractivity contribution < 1.29 is 13.9 Å². The second kappa shape index (κ2) is 6.71. The first-order valence-corrected chi connectivity index (χ1v) is 5.77. The fraction of sp³-hybridized carbons (Fsp3) is 0.462. The monoisotopic (exact) mass is 273 g/mol. The molecule has 18 heavy (non-hydrogen) atoms. The Morgan fingerprint density at radius 3 is 2.78 bits per heavy atom. The molecule has 1 fully saturated rings. The first kappa shape index (κ1) is 14.9. The summed E-state index contributed by atoms with van der Waals surface area (Å²) in [6.07, 6.45) is 1.60. The second-order valence-electron chi connectivity index (χ2n) is 4.31. The minimum Gasteiger partial charge on any atom is -0.468 e. The summed E-state index contributed by atoms with van der Waals surface area (Å²) < 4.78 is 17.8. The minimum absolute atomic E-state index is 0. The lowest BCUT2D eigenvalue weighted by atomic mass is 9.89. The molecule has 5 heteroatoms. The number of halogens is 2. The predicted molar refractivity (Wildman–Crippen MR) is 69.4 cm³/mol. The number of carbonyl (C=O) groups is 1. The molecule has 1 aromatic rings. The topological polar surface area (TPSA) is 38.3 Å². The molecular formula is C13H17ClFNO2. The van der Waals surface area contributed by atoms with E-state index in [-0.39, 0.29) is 36.2 Å². The Morgan fingerprint density at radius 1 is 1.44 bits per heavy atom. The predicted octanol–water partition coefficient (Wildman–Crippen LogP) is 2.26. The van der Waals surface area contributed by atoms with Crippen LogP contribution in [0.2, 0.25) is 0 Å². The normalized spacial score (nSPS) is 23.0. The van der Waals surface area contributed by atoms with E-state index in [1.807, 2.05) is 6.07 Å². The molecule has 0 aliphatic carbocycles. The summed E-state index contributed by atoms with van der Waals surface area (Å²) in [4.78, 5) is 11.3. The van der Waals surface area contributed by atoms with Crippen LogP contribution in [-0.2, 0) is 9.53 Å². The molecule has 0 aromatic heterocycles. The lowest BCUT2D eigenvalue weighted by Crippen LogP contribution is -2.43. The van der Waals surface area contributed by atoms with Crippen molar-refractivity contribution in [3.8, 4) is 0 Å². The first-order valence-electron chi connectivity index (χ1n) is 5.77. The lowest BCUT2D eigenvalue weighted by Gasteiger charge is -2.28. The number of carbonyl (C=O) groups excluding carboxylic acids is 1. The molecule has 3 nitrogen and oxygen atoms in total. The number of benzene rings is 1. The van der Waals surface area contributed by atoms with E-state index in [9.17, 15) is 9.18 Å². The Kier molecular flexibility index (Phi) is 5.56. The van der Waals surface area contributed by atoms with E-state index in [2.05, 4.69) is 10.1 Å². The van der Waals surface area contributed by atoms with E-state index in [1.54, 1.807) is 12.1 Å². The van der Waals surface area contributed by atoms with Crippen LogP contribution >= 0.6 is 12.4 Å². The van der Waals surface area contributed by atoms with Crippen LogP contribution in [0.3, 0.4) is 0 Å². The molecule has 0 spiro atoms. The Bertz CT molecular complexity index is 406. The highest BCUT2D eigenvalue weighted by Gasteiger charge is 2.26. The molecule has 2 unspecified atom stereocenters. The fourth-order valence-electron chi connectivity index (χ4n) is 2.24. The maximum Gasteiger partial charge on any atom is 0.322 e. The third kappa shape index (κ3) is 3.43. The maximum atomic E-state index is 13.1. The zero-order chi connectivity index (χ0) is 12.3. The van der Waals surface area contributed by atoms with Crippen LogP contribution in [0.25, 0.3) is 0 Å². The van der Waals surface area contributed by atoms with Crippen LogP contribution in [-0.4, -0.2) is 25.7 Å². The average molecular weight is 274 g/mol. The summed E-state index contributed by atoms with van der Waals surface area (Å²) in [6.45, 7) is 0.684. The van der Waals surface area contributed by atoms with Crippen molar-refractivity contribution in [1.29, 1.82) is 0 Å². The molecule has 0 bridgehead atoms. The summed E-state index contributed by atoms with van der Waals surface area (Å²) in [6, 6.07) is 6.43. The molecule has 0 amide bonds. The van der Waals surface area contributed by atoms with Gasteiger partial charge in [0.25, 0.3) is 0 Å². The van der Waals surface area contributed by atoms with Gasteiger partial charge in [-0.25, -0.2) is 4.39 Å². The number of esters is 1. The molecule has 0 radical (unpaired) electrons. The fourth-order valence-corrected chi connectivity index (χ4v) is 2.24. The van der Waals surface area contributed by atoms with Gasteiger partial charge >= 0.3 is 5.97 Å². The summed E-state index contributed by atoms with van der Waals surface area (Å²) in [5.74, 6) is -0.160. The van der Waals surface area contributed by atoms with E-state index in [4.69, 9.17) is 0 Å². The highest BCUT2D eigenvalue weighted by atomic mass is 35.5. The van der Waals surface area contributed by atoms with E-state index in [0.717, 1.165) is 18.4 Å².